The molecule has 4 atom stereocenters. The van der Waals surface area contributed by atoms with Crippen LogP contribution in [0.15, 0.2) is 50.6 Å². The molecule has 1 fully saturated rings. The number of hydrogen-bond acceptors (Lipinski definition) is 8. The largest absolute Gasteiger partial charge is 0.456 e. The Bertz CT molecular complexity index is 1210. The lowest BCUT2D eigenvalue weighted by molar-refractivity contribution is -0.507. The molecule has 1 aliphatic carbocycles. The van der Waals surface area contributed by atoms with Crippen LogP contribution in [-0.2, 0) is 38.1 Å². The van der Waals surface area contributed by atoms with Gasteiger partial charge in [-0.15, -0.1) is 0 Å². The predicted octanol–water partition coefficient (Wildman–Crippen LogP) is 5.56. The molecule has 284 valence electrons. The zero-order valence-electron chi connectivity index (χ0n) is 24.3. The van der Waals surface area contributed by atoms with Gasteiger partial charge in [-0.25, -0.2) is 36.7 Å². The number of alkyl halides is 16. The maximum atomic E-state index is 16.5. The summed E-state index contributed by atoms with van der Waals surface area (Å²) in [6, 6.07) is 0. The lowest BCUT2D eigenvalue weighted by Crippen LogP contribution is -2.98. The van der Waals surface area contributed by atoms with Crippen LogP contribution in [0.2, 0.25) is 0 Å². The van der Waals surface area contributed by atoms with Gasteiger partial charge in [-0.1, -0.05) is 26.3 Å². The van der Waals surface area contributed by atoms with Crippen molar-refractivity contribution < 1.29 is 108 Å². The summed E-state index contributed by atoms with van der Waals surface area (Å²) in [5, 5.41) is 0. The van der Waals surface area contributed by atoms with Gasteiger partial charge in [0, 0.05) is 24.3 Å². The fraction of sp³-hybridized carbons (Fsp3) is 0.538. The third-order valence-corrected chi connectivity index (χ3v) is 6.95. The minimum absolute atomic E-state index is 0.222. The molecule has 0 aliphatic heterocycles. The highest BCUT2D eigenvalue weighted by Gasteiger charge is 3.11. The van der Waals surface area contributed by atoms with Crippen LogP contribution >= 0.6 is 0 Å². The Labute approximate surface area is 268 Å². The van der Waals surface area contributed by atoms with Gasteiger partial charge in [-0.3, -0.25) is 0 Å². The van der Waals surface area contributed by atoms with Crippen molar-refractivity contribution in [1.29, 1.82) is 0 Å². The Balaban J connectivity index is 4.75. The SMILES string of the molecule is C=CC(=O)OCC(F)(F)C1(F)C(F)(F)C(F)(C(F)(F)COC(=O)C=C)C(F)(C(F)(F)COC(=O)C=C)C(F)(F)C1(F)C(F)(F)COC(=O)C=C. The second kappa shape index (κ2) is 13.5. The standard InChI is InChI=1S/C26H20F16O8/c1-5-13(43)47-9-17(27,28)21(35)22(36,18(29,30)10-48-14(44)6-2)26(41,42)24(38,20(33,34)12-50-16(46)8-4)23(37,25(21,39)40)19(31,32)11-49-15(45)7-3/h5-8H,1-4,9-12H2. The first-order chi connectivity index (χ1) is 22.3. The number of ether oxygens (including phenoxy) is 4. The zero-order valence-corrected chi connectivity index (χ0v) is 24.3. The summed E-state index contributed by atoms with van der Waals surface area (Å²) in [6.07, 6.45) is -0.889. The van der Waals surface area contributed by atoms with Gasteiger partial charge in [0.05, 0.1) is 0 Å². The van der Waals surface area contributed by atoms with Gasteiger partial charge < -0.3 is 18.9 Å². The summed E-state index contributed by atoms with van der Waals surface area (Å²) >= 11 is 0. The Morgan fingerprint density at radius 1 is 0.400 bits per heavy atom. The van der Waals surface area contributed by atoms with Gasteiger partial charge in [0.2, 0.25) is 0 Å². The molecule has 0 spiro atoms. The van der Waals surface area contributed by atoms with E-state index in [-0.39, 0.29) is 24.3 Å². The van der Waals surface area contributed by atoms with Crippen molar-refractivity contribution >= 4 is 23.9 Å². The van der Waals surface area contributed by atoms with Crippen molar-refractivity contribution in [3.63, 3.8) is 0 Å². The summed E-state index contributed by atoms with van der Waals surface area (Å²) in [4.78, 5) is 45.0. The zero-order chi connectivity index (χ0) is 39.8. The fourth-order valence-corrected chi connectivity index (χ4v) is 4.55. The quantitative estimate of drug-likeness (QED) is 0.0872. The second-order valence-corrected chi connectivity index (χ2v) is 9.85. The summed E-state index contributed by atoms with van der Waals surface area (Å²) in [6.45, 7) is -4.87. The van der Waals surface area contributed by atoms with Crippen LogP contribution in [0, 0.1) is 0 Å². The van der Waals surface area contributed by atoms with Gasteiger partial charge in [0.25, 0.3) is 22.7 Å². The molecule has 1 aliphatic rings. The molecule has 1 saturated carbocycles. The van der Waals surface area contributed by atoms with Crippen LogP contribution in [0.5, 0.6) is 0 Å². The molecule has 0 aromatic carbocycles. The molecule has 0 N–H and O–H groups in total. The average molecular weight is 764 g/mol. The Hall–Kier alpha value is -4.28. The molecule has 1 rings (SSSR count). The number of halogens is 16. The van der Waals surface area contributed by atoms with Gasteiger partial charge in [-0.2, -0.15) is 52.7 Å². The molecule has 4 unspecified atom stereocenters. The third kappa shape index (κ3) is 5.76. The van der Waals surface area contributed by atoms with Crippen molar-refractivity contribution in [3.8, 4) is 0 Å². The van der Waals surface area contributed by atoms with E-state index in [0.717, 1.165) is 0 Å². The van der Waals surface area contributed by atoms with E-state index in [9.17, 15) is 19.2 Å². The first kappa shape index (κ1) is 43.7. The minimum Gasteiger partial charge on any atom is -0.456 e. The number of rotatable bonds is 16. The van der Waals surface area contributed by atoms with Crippen molar-refractivity contribution in [2.24, 2.45) is 0 Å². The first-order valence-electron chi connectivity index (χ1n) is 12.5. The van der Waals surface area contributed by atoms with Crippen molar-refractivity contribution in [2.75, 3.05) is 26.4 Å². The van der Waals surface area contributed by atoms with Crippen LogP contribution in [0.25, 0.3) is 0 Å². The van der Waals surface area contributed by atoms with E-state index in [1.54, 1.807) is 0 Å². The number of esters is 4. The Morgan fingerprint density at radius 3 is 0.660 bits per heavy atom. The van der Waals surface area contributed by atoms with Crippen LogP contribution in [0.3, 0.4) is 0 Å². The van der Waals surface area contributed by atoms with Crippen molar-refractivity contribution in [2.45, 2.75) is 58.2 Å². The molecule has 0 saturated heterocycles. The predicted molar refractivity (Wildman–Crippen MR) is 130 cm³/mol. The molecule has 0 aromatic rings. The second-order valence-electron chi connectivity index (χ2n) is 9.85. The van der Waals surface area contributed by atoms with Gasteiger partial charge in [0.15, 0.2) is 26.4 Å². The van der Waals surface area contributed by atoms with E-state index in [0.29, 0.717) is 0 Å². The van der Waals surface area contributed by atoms with E-state index in [1.165, 1.54) is 0 Å². The summed E-state index contributed by atoms with van der Waals surface area (Å²) in [7, 11) is 0. The number of carbonyl (C=O) groups excluding carboxylic acids is 4. The van der Waals surface area contributed by atoms with Crippen LogP contribution < -0.4 is 0 Å². The highest BCUT2D eigenvalue weighted by atomic mass is 19.3. The molecule has 8 nitrogen and oxygen atoms in total. The topological polar surface area (TPSA) is 105 Å². The van der Waals surface area contributed by atoms with E-state index in [4.69, 9.17) is 0 Å². The molecule has 50 heavy (non-hydrogen) atoms. The van der Waals surface area contributed by atoms with Gasteiger partial charge >= 0.3 is 59.4 Å². The molecule has 0 radical (unpaired) electrons. The van der Waals surface area contributed by atoms with Gasteiger partial charge in [-0.05, 0) is 0 Å². The number of carbonyl (C=O) groups is 4. The molecule has 0 bridgehead atoms. The average Bonchev–Trinajstić information content (AvgIpc) is 3.04. The lowest BCUT2D eigenvalue weighted by atomic mass is 9.50. The smallest absolute Gasteiger partial charge is 0.334 e. The highest BCUT2D eigenvalue weighted by molar-refractivity contribution is 5.82. The minimum atomic E-state index is -8.74. The Kier molecular flexibility index (Phi) is 11.8. The summed E-state index contributed by atoms with van der Waals surface area (Å²) in [5.41, 5.74) is -34.1. The van der Waals surface area contributed by atoms with Crippen molar-refractivity contribution in [3.05, 3.63) is 50.6 Å². The maximum Gasteiger partial charge on any atom is 0.334 e. The Morgan fingerprint density at radius 2 is 0.540 bits per heavy atom. The highest BCUT2D eigenvalue weighted by Crippen LogP contribution is 2.78. The molecule has 24 heteroatoms. The molecular weight excluding hydrogens is 744 g/mol. The van der Waals surface area contributed by atoms with Gasteiger partial charge in [0.1, 0.15) is 0 Å². The third-order valence-electron chi connectivity index (χ3n) is 6.95. The van der Waals surface area contributed by atoms with Crippen LogP contribution in [0.4, 0.5) is 70.2 Å². The monoisotopic (exact) mass is 764 g/mol. The molecule has 0 heterocycles. The van der Waals surface area contributed by atoms with E-state index in [2.05, 4.69) is 45.3 Å². The molecule has 0 amide bonds. The molecule has 0 aromatic heterocycles. The van der Waals surface area contributed by atoms with E-state index < -0.39 is 109 Å². The normalized spacial score (nSPS) is 28.0. The summed E-state index contributed by atoms with van der Waals surface area (Å²) in [5.74, 6) is -56.7. The lowest BCUT2D eigenvalue weighted by Gasteiger charge is -2.64. The van der Waals surface area contributed by atoms with E-state index >= 15 is 70.2 Å². The maximum absolute atomic E-state index is 16.5. The summed E-state index contributed by atoms with van der Waals surface area (Å²) < 4.78 is 267. The van der Waals surface area contributed by atoms with Crippen LogP contribution in [-0.4, -0.2) is 109 Å². The van der Waals surface area contributed by atoms with Crippen LogP contribution in [0.1, 0.15) is 0 Å². The first-order valence-corrected chi connectivity index (χ1v) is 12.5. The van der Waals surface area contributed by atoms with Crippen molar-refractivity contribution in [1.82, 2.24) is 0 Å². The molecular formula is C26H20F16O8. The fourth-order valence-electron chi connectivity index (χ4n) is 4.55. The number of hydrogen-bond donors (Lipinski definition) is 0. The van der Waals surface area contributed by atoms with E-state index in [1.807, 2.05) is 0 Å².